The van der Waals surface area contributed by atoms with Crippen LogP contribution >= 0.6 is 0 Å². The third-order valence-electron chi connectivity index (χ3n) is 3.38. The molecule has 0 aromatic heterocycles. The minimum atomic E-state index is -0.0251. The zero-order valence-corrected chi connectivity index (χ0v) is 13.6. The van der Waals surface area contributed by atoms with Crippen LogP contribution in [0, 0.1) is 0 Å². The number of carbonyl (C=O) groups excluding carboxylic acids is 1. The number of phenolic OH excluding ortho intramolecular Hbond substituents is 1. The highest BCUT2D eigenvalue weighted by molar-refractivity contribution is 5.74. The van der Waals surface area contributed by atoms with Crippen molar-refractivity contribution in [3.8, 4) is 11.5 Å². The maximum Gasteiger partial charge on any atom is 0.210 e. The van der Waals surface area contributed by atoms with E-state index < -0.39 is 0 Å². The number of nitrogens with zero attached hydrogens (tertiary/aromatic N) is 2. The minimum absolute atomic E-state index is 0.0251. The Balaban J connectivity index is 0.00000116. The molecule has 22 heavy (non-hydrogen) atoms. The molecular weight excluding hydrogens is 280 g/mol. The van der Waals surface area contributed by atoms with Crippen molar-refractivity contribution in [2.75, 3.05) is 13.7 Å². The van der Waals surface area contributed by atoms with E-state index in [-0.39, 0.29) is 11.8 Å². The summed E-state index contributed by atoms with van der Waals surface area (Å²) in [5.41, 5.74) is 1.86. The molecule has 1 amide bonds. The van der Waals surface area contributed by atoms with Crippen LogP contribution in [0.25, 0.3) is 0 Å². The maximum atomic E-state index is 11.0. The third kappa shape index (κ3) is 4.35. The number of ether oxygens (including phenoxy) is 1. The Labute approximate surface area is 131 Å². The van der Waals surface area contributed by atoms with E-state index in [1.165, 1.54) is 18.7 Å². The average Bonchev–Trinajstić information content (AvgIpc) is 2.97. The lowest BCUT2D eigenvalue weighted by Gasteiger charge is -2.14. The van der Waals surface area contributed by atoms with Crippen LogP contribution < -0.4 is 4.74 Å². The number of aromatic hydroxyl groups is 1. The summed E-state index contributed by atoms with van der Waals surface area (Å²) in [6.07, 6.45) is 5.43. The summed E-state index contributed by atoms with van der Waals surface area (Å²) in [6, 6.07) is 4.92. The van der Waals surface area contributed by atoms with Crippen molar-refractivity contribution >= 4 is 18.3 Å². The van der Waals surface area contributed by atoms with Gasteiger partial charge >= 0.3 is 0 Å². The van der Waals surface area contributed by atoms with E-state index in [0.29, 0.717) is 18.0 Å². The minimum Gasteiger partial charge on any atom is -0.504 e. The van der Waals surface area contributed by atoms with Crippen LogP contribution in [-0.4, -0.2) is 42.3 Å². The predicted molar refractivity (Wildman–Crippen MR) is 89.1 cm³/mol. The van der Waals surface area contributed by atoms with Gasteiger partial charge in [-0.15, -0.1) is 0 Å². The molecule has 0 spiro atoms. The van der Waals surface area contributed by atoms with Crippen LogP contribution in [0.1, 0.15) is 27.2 Å². The summed E-state index contributed by atoms with van der Waals surface area (Å²) in [4.78, 5) is 17.0. The van der Waals surface area contributed by atoms with Crippen LogP contribution in [0.5, 0.6) is 11.5 Å². The Morgan fingerprint density at radius 2 is 2.14 bits per heavy atom. The zero-order chi connectivity index (χ0) is 16.5. The van der Waals surface area contributed by atoms with E-state index in [9.17, 15) is 9.90 Å². The number of likely N-dealkylation sites (tertiary alicyclic amines) is 1. The van der Waals surface area contributed by atoms with Crippen LogP contribution in [0.2, 0.25) is 0 Å². The molecule has 1 aromatic rings. The van der Waals surface area contributed by atoms with Gasteiger partial charge in [0.25, 0.3) is 0 Å². The second-order valence-corrected chi connectivity index (χ2v) is 4.63. The fourth-order valence-corrected chi connectivity index (χ4v) is 2.20. The van der Waals surface area contributed by atoms with E-state index in [4.69, 9.17) is 4.74 Å². The van der Waals surface area contributed by atoms with Gasteiger partial charge in [-0.05, 0) is 25.5 Å². The van der Waals surface area contributed by atoms with E-state index in [1.807, 2.05) is 26.8 Å². The van der Waals surface area contributed by atoms with Crippen LogP contribution in [0.4, 0.5) is 5.69 Å². The first-order valence-electron chi connectivity index (χ1n) is 7.44. The monoisotopic (exact) mass is 304 g/mol. The SMILES string of the molecule is C/C=C1\CC(C=Nc2ccc(OC)c(O)c2)N(C=O)C1.CC. The molecule has 5 heteroatoms. The van der Waals surface area contributed by atoms with Gasteiger partial charge in [-0.3, -0.25) is 9.79 Å². The largest absolute Gasteiger partial charge is 0.504 e. The number of hydrogen-bond donors (Lipinski definition) is 1. The van der Waals surface area contributed by atoms with Gasteiger partial charge < -0.3 is 14.7 Å². The number of phenols is 1. The lowest BCUT2D eigenvalue weighted by atomic mass is 10.1. The van der Waals surface area contributed by atoms with Gasteiger partial charge in [0.05, 0.1) is 18.8 Å². The quantitative estimate of drug-likeness (QED) is 0.527. The lowest BCUT2D eigenvalue weighted by molar-refractivity contribution is -0.117. The Kier molecular flexibility index (Phi) is 7.16. The molecule has 0 aliphatic carbocycles. The molecule has 2 rings (SSSR count). The van der Waals surface area contributed by atoms with Crippen molar-refractivity contribution in [3.63, 3.8) is 0 Å². The molecule has 0 saturated carbocycles. The molecule has 1 N–H and O–H groups in total. The molecule has 1 aromatic carbocycles. The van der Waals surface area contributed by atoms with E-state index in [2.05, 4.69) is 4.99 Å². The smallest absolute Gasteiger partial charge is 0.210 e. The number of benzene rings is 1. The molecule has 1 fully saturated rings. The van der Waals surface area contributed by atoms with Gasteiger partial charge in [-0.25, -0.2) is 0 Å². The van der Waals surface area contributed by atoms with Crippen molar-refractivity contribution in [2.45, 2.75) is 33.2 Å². The van der Waals surface area contributed by atoms with Crippen molar-refractivity contribution in [2.24, 2.45) is 4.99 Å². The summed E-state index contributed by atoms with van der Waals surface area (Å²) in [7, 11) is 1.50. The standard InChI is InChI=1S/C15H18N2O3.C2H6/c1-3-11-6-13(17(9-11)10-18)8-16-12-4-5-15(20-2)14(19)7-12;1-2/h3-5,7-8,10,13,19H,6,9H2,1-2H3;1-2H3/b11-3+,16-8?;. The number of rotatable bonds is 4. The summed E-state index contributed by atoms with van der Waals surface area (Å²) in [5, 5.41) is 9.69. The Bertz CT molecular complexity index is 553. The Hall–Kier alpha value is -2.30. The first-order valence-corrected chi connectivity index (χ1v) is 7.44. The molecule has 120 valence electrons. The fraction of sp³-hybridized carbons (Fsp3) is 0.412. The molecule has 1 heterocycles. The first-order chi connectivity index (χ1) is 10.7. The molecule has 0 bridgehead atoms. The number of amides is 1. The molecule has 5 nitrogen and oxygen atoms in total. The number of methoxy groups -OCH3 is 1. The normalized spacial score (nSPS) is 19.2. The second kappa shape index (κ2) is 8.87. The first kappa shape index (κ1) is 17.8. The van der Waals surface area contributed by atoms with Crippen LogP contribution in [0.15, 0.2) is 34.8 Å². The van der Waals surface area contributed by atoms with E-state index in [1.54, 1.807) is 23.2 Å². The summed E-state index contributed by atoms with van der Waals surface area (Å²) in [6.45, 7) is 6.63. The van der Waals surface area contributed by atoms with Crippen molar-refractivity contribution in [1.29, 1.82) is 0 Å². The highest BCUT2D eigenvalue weighted by Gasteiger charge is 2.24. The predicted octanol–water partition coefficient (Wildman–Crippen LogP) is 3.31. The summed E-state index contributed by atoms with van der Waals surface area (Å²) in [5.74, 6) is 0.463. The average molecular weight is 304 g/mol. The van der Waals surface area contributed by atoms with E-state index >= 15 is 0 Å². The number of carbonyl (C=O) groups is 1. The van der Waals surface area contributed by atoms with Gasteiger partial charge in [-0.2, -0.15) is 0 Å². The van der Waals surface area contributed by atoms with Crippen molar-refractivity contribution < 1.29 is 14.6 Å². The molecular formula is C17H24N2O3. The lowest BCUT2D eigenvalue weighted by Crippen LogP contribution is -2.28. The summed E-state index contributed by atoms with van der Waals surface area (Å²) >= 11 is 0. The van der Waals surface area contributed by atoms with Gasteiger partial charge in [-0.1, -0.05) is 25.5 Å². The number of aliphatic imine (C=N–C) groups is 1. The molecule has 0 radical (unpaired) electrons. The van der Waals surface area contributed by atoms with Crippen molar-refractivity contribution in [1.82, 2.24) is 4.90 Å². The number of allylic oxidation sites excluding steroid dienone is 1. The van der Waals surface area contributed by atoms with Crippen LogP contribution in [-0.2, 0) is 4.79 Å². The molecule has 1 saturated heterocycles. The summed E-state index contributed by atoms with van der Waals surface area (Å²) < 4.78 is 4.98. The molecule has 1 unspecified atom stereocenters. The third-order valence-corrected chi connectivity index (χ3v) is 3.38. The molecule has 1 aliphatic rings. The fourth-order valence-electron chi connectivity index (χ4n) is 2.20. The number of hydrogen-bond acceptors (Lipinski definition) is 4. The maximum absolute atomic E-state index is 11.0. The Morgan fingerprint density at radius 1 is 1.41 bits per heavy atom. The molecule has 1 atom stereocenters. The topological polar surface area (TPSA) is 62.1 Å². The van der Waals surface area contributed by atoms with Gasteiger partial charge in [0.15, 0.2) is 11.5 Å². The van der Waals surface area contributed by atoms with Crippen LogP contribution in [0.3, 0.4) is 0 Å². The van der Waals surface area contributed by atoms with E-state index in [0.717, 1.165) is 12.8 Å². The van der Waals surface area contributed by atoms with Gasteiger partial charge in [0, 0.05) is 18.8 Å². The second-order valence-electron chi connectivity index (χ2n) is 4.63. The highest BCUT2D eigenvalue weighted by Crippen LogP contribution is 2.30. The highest BCUT2D eigenvalue weighted by atomic mass is 16.5. The molecule has 1 aliphatic heterocycles. The van der Waals surface area contributed by atoms with Gasteiger partial charge in [0.2, 0.25) is 6.41 Å². The van der Waals surface area contributed by atoms with Crippen molar-refractivity contribution in [3.05, 3.63) is 29.8 Å². The van der Waals surface area contributed by atoms with Gasteiger partial charge in [0.1, 0.15) is 0 Å². The Morgan fingerprint density at radius 3 is 2.68 bits per heavy atom. The zero-order valence-electron chi connectivity index (χ0n) is 13.6.